The Morgan fingerprint density at radius 3 is 1.15 bits per heavy atom. The zero-order valence-corrected chi connectivity index (χ0v) is 54.1. The first kappa shape index (κ1) is 88.2. The van der Waals surface area contributed by atoms with Gasteiger partial charge in [0.2, 0.25) is 14.9 Å². The van der Waals surface area contributed by atoms with E-state index in [9.17, 15) is 51.6 Å². The molecule has 0 amide bonds. The smallest absolute Gasteiger partial charge is 0.323 e. The lowest BCUT2D eigenvalue weighted by Crippen LogP contribution is -2.40. The molecule has 0 bridgehead atoms. The first-order valence-electron chi connectivity index (χ1n) is 24.7. The highest BCUT2D eigenvalue weighted by Crippen LogP contribution is 2.42. The molecule has 0 radical (unpaired) electrons. The van der Waals surface area contributed by atoms with Gasteiger partial charge in [0.25, 0.3) is 15.0 Å². The van der Waals surface area contributed by atoms with Gasteiger partial charge in [-0.1, -0.05) is 7.43 Å². The molecule has 10 N–H and O–H groups in total. The average Bonchev–Trinajstić information content (AvgIpc) is 4.09. The molecular weight excluding hydrogens is 1170 g/mol. The van der Waals surface area contributed by atoms with Gasteiger partial charge >= 0.3 is 43.4 Å². The number of hydrogen-bond acceptors (Lipinski definition) is 21. The highest BCUT2D eigenvalue weighted by atomic mass is 31.2. The topological polar surface area (TPSA) is 437 Å². The maximum atomic E-state index is 12.7. The zero-order valence-electron chi connectivity index (χ0n) is 49.7. The van der Waals surface area contributed by atoms with Crippen molar-refractivity contribution in [1.29, 1.82) is 0 Å². The summed E-state index contributed by atoms with van der Waals surface area (Å²) < 4.78 is 88.4. The van der Waals surface area contributed by atoms with Gasteiger partial charge in [0.1, 0.15) is 42.9 Å². The molecule has 10 unspecified atom stereocenters. The summed E-state index contributed by atoms with van der Waals surface area (Å²) in [7, 11) is -12.5. The van der Waals surface area contributed by atoms with E-state index in [1.165, 1.54) is 66.8 Å². The molecule has 31 nitrogen and oxygen atoms in total. The van der Waals surface area contributed by atoms with Crippen molar-refractivity contribution in [3.8, 4) is 0 Å². The number of carbonyl (C=O) groups is 6. The highest BCUT2D eigenvalue weighted by Gasteiger charge is 2.31. The van der Waals surface area contributed by atoms with Crippen molar-refractivity contribution in [1.82, 2.24) is 43.9 Å². The normalized spacial score (nSPS) is 15.6. The second-order valence-corrected chi connectivity index (χ2v) is 27.7. The molecule has 0 saturated carbocycles. The largest absolute Gasteiger partial charge is 0.466 e. The van der Waals surface area contributed by atoms with Crippen molar-refractivity contribution < 1.29 is 99.6 Å². The van der Waals surface area contributed by atoms with Crippen LogP contribution in [0.4, 0.5) is 0 Å². The number of rotatable bonds is 24. The summed E-state index contributed by atoms with van der Waals surface area (Å²) in [6.07, 6.45) is 8.95. The minimum absolute atomic E-state index is 0. The predicted molar refractivity (Wildman–Crippen MR) is 310 cm³/mol. The molecule has 0 aliphatic heterocycles. The van der Waals surface area contributed by atoms with Crippen LogP contribution in [0.5, 0.6) is 0 Å². The summed E-state index contributed by atoms with van der Waals surface area (Å²) >= 11 is 0. The summed E-state index contributed by atoms with van der Waals surface area (Å²) in [5.74, 6) is -2.26. The molecule has 2 aromatic heterocycles. The number of nitrogens with two attached hydrogens (primary N) is 1. The van der Waals surface area contributed by atoms with Crippen LogP contribution < -0.4 is 26.3 Å². The molecule has 0 spiro atoms. The van der Waals surface area contributed by atoms with Crippen LogP contribution in [-0.4, -0.2) is 202 Å². The fourth-order valence-electron chi connectivity index (χ4n) is 4.77. The Morgan fingerprint density at radius 1 is 0.556 bits per heavy atom. The zero-order chi connectivity index (χ0) is 63.8. The van der Waals surface area contributed by atoms with Crippen molar-refractivity contribution in [3.63, 3.8) is 0 Å². The van der Waals surface area contributed by atoms with E-state index in [0.717, 1.165) is 13.3 Å². The number of carbonyl (C=O) groups excluding carboxylic acids is 6. The lowest BCUT2D eigenvalue weighted by Gasteiger charge is -2.32. The number of imidazole rings is 2. The van der Waals surface area contributed by atoms with Gasteiger partial charge in [-0.15, -0.1) is 0 Å². The van der Waals surface area contributed by atoms with Crippen LogP contribution in [0.1, 0.15) is 96.9 Å². The number of nitrogens with zero attached hydrogens (tertiary/aromatic N) is 5. The Kier molecular flexibility index (Phi) is 50.5. The van der Waals surface area contributed by atoms with Crippen LogP contribution in [0.3, 0.4) is 0 Å². The number of nitrogens with one attached hydrogen (secondary N) is 4. The molecule has 0 aromatic carbocycles. The van der Waals surface area contributed by atoms with E-state index in [1.807, 2.05) is 0 Å². The fraction of sp³-hybridized carbons (Fsp3) is 0.733. The maximum Gasteiger partial charge on any atom is 0.323 e. The quantitative estimate of drug-likeness (QED) is 0.0406. The SMILES string of the molecule is C.CCOC(=O)C(C)N.CCOC(=O)C(C)NC.CCOC(=O)C(C)NP(C)(=O)O.CCOC(=O)C(C)NP(C)(=O)n1ccnc1.CCOC(=O)CC(C)N(C)P(C)(=O)NC(C)C(=O)OCC.CP(=O)(O)O.CP(=O)(O)n1ccnc1. The van der Waals surface area contributed by atoms with E-state index < -0.39 is 79.6 Å². The first-order chi connectivity index (χ1) is 36.5. The Hall–Kier alpha value is -4.01. The standard InChI is InChI=1S/C13H27N2O5P.C9H16N3O3P.C6H14NO4P.C6H13NO2.C5H11NO2.C4H7N2O2P.CH5O3P.CH4/c1-7-19-12(16)9-10(3)15(5)21(6,18)14-11(4)13(17)20-8-2;1-4-15-9(13)8(2)11-16(3,14)12-6-5-10-7-12;1-4-11-6(8)5(2)7-12(3,9)10;1-4-9-6(8)5(2)7-3;1-3-8-5(7)4(2)6;1-9(7,8)6-3-2-5-4-6;1-5(2,3)4;/h10-11H,7-9H2,1-6H3,(H,14,18);5-8H,4H2,1-3H3,(H,11,14);5H,4H2,1-3H3,(H2,7,9,10);5,7H,4H2,1-3H3;4H,3,6H2,1-2H3;2-4H,1H3,(H,7,8);1H3,(H2,2,3,4);1H4. The number of aromatic nitrogens is 4. The van der Waals surface area contributed by atoms with Crippen molar-refractivity contribution in [2.24, 2.45) is 5.73 Å². The summed E-state index contributed by atoms with van der Waals surface area (Å²) in [4.78, 5) is 107. The van der Waals surface area contributed by atoms with E-state index in [-0.39, 0.29) is 57.1 Å². The lowest BCUT2D eigenvalue weighted by atomic mass is 10.2. The van der Waals surface area contributed by atoms with Gasteiger partial charge < -0.3 is 59.0 Å². The molecule has 2 aromatic rings. The van der Waals surface area contributed by atoms with Gasteiger partial charge in [-0.3, -0.25) is 60.3 Å². The minimum Gasteiger partial charge on any atom is -0.466 e. The highest BCUT2D eigenvalue weighted by molar-refractivity contribution is 7.59. The van der Waals surface area contributed by atoms with Crippen LogP contribution in [0, 0.1) is 0 Å². The molecule has 0 saturated heterocycles. The summed E-state index contributed by atoms with van der Waals surface area (Å²) in [5, 5.41) is 10.5. The number of esters is 6. The second kappa shape index (κ2) is 46.4. The number of ether oxygens (including phenoxy) is 6. The van der Waals surface area contributed by atoms with Gasteiger partial charge in [-0.05, 0) is 97.2 Å². The maximum absolute atomic E-state index is 12.7. The van der Waals surface area contributed by atoms with Crippen molar-refractivity contribution in [2.45, 2.75) is 133 Å². The summed E-state index contributed by atoms with van der Waals surface area (Å²) in [6, 6.07) is -3.00. The molecule has 478 valence electrons. The van der Waals surface area contributed by atoms with Crippen molar-refractivity contribution >= 4 is 73.3 Å². The monoisotopic (exact) mass is 1270 g/mol. The molecule has 0 fully saturated rings. The van der Waals surface area contributed by atoms with Crippen molar-refractivity contribution in [3.05, 3.63) is 37.4 Å². The third-order valence-electron chi connectivity index (χ3n) is 8.81. The molecule has 36 heteroatoms. The van der Waals surface area contributed by atoms with Gasteiger partial charge in [-0.25, -0.2) is 29.9 Å². The van der Waals surface area contributed by atoms with Crippen molar-refractivity contribution in [2.75, 3.05) is 87.1 Å². The van der Waals surface area contributed by atoms with Gasteiger partial charge in [0, 0.05) is 64.2 Å². The third-order valence-corrected chi connectivity index (χ3v) is 15.2. The van der Waals surface area contributed by atoms with E-state index in [1.54, 1.807) is 101 Å². The van der Waals surface area contributed by atoms with E-state index in [2.05, 4.69) is 40.0 Å². The Labute approximate surface area is 478 Å². The fourth-order valence-corrected chi connectivity index (χ4v) is 9.52. The van der Waals surface area contributed by atoms with E-state index in [4.69, 9.17) is 44.3 Å². The Bertz CT molecular complexity index is 2270. The molecule has 0 aliphatic carbocycles. The summed E-state index contributed by atoms with van der Waals surface area (Å²) in [6.45, 7) is 28.5. The van der Waals surface area contributed by atoms with Crippen LogP contribution >= 0.6 is 37.5 Å². The Morgan fingerprint density at radius 2 is 0.877 bits per heavy atom. The average molecular weight is 1270 g/mol. The predicted octanol–water partition coefficient (Wildman–Crippen LogP) is 4.09. The number of likely N-dealkylation sites (N-methyl/N-ethyl adjacent to an activating group) is 1. The Balaban J connectivity index is -0.000000211. The molecule has 0 aliphatic rings. The van der Waals surface area contributed by atoms with Gasteiger partial charge in [0.15, 0.2) is 0 Å². The molecular formula is C45H97N10O21P5. The third kappa shape index (κ3) is 50.2. The lowest BCUT2D eigenvalue weighted by molar-refractivity contribution is -0.145. The van der Waals surface area contributed by atoms with Crippen LogP contribution in [-0.2, 0) is 80.0 Å². The molecule has 2 rings (SSSR count). The molecule has 81 heavy (non-hydrogen) atoms. The number of hydrogen-bond donors (Lipinski definition) is 9. The molecule has 10 atom stereocenters. The van der Waals surface area contributed by atoms with E-state index in [0.29, 0.717) is 26.4 Å². The van der Waals surface area contributed by atoms with Gasteiger partial charge in [-0.2, -0.15) is 0 Å². The van der Waals surface area contributed by atoms with E-state index >= 15 is 0 Å². The second-order valence-electron chi connectivity index (χ2n) is 16.7. The van der Waals surface area contributed by atoms with Crippen LogP contribution in [0.2, 0.25) is 0 Å². The first-order valence-corrected chi connectivity index (χ1v) is 35.2. The minimum atomic E-state index is -3.64. The van der Waals surface area contributed by atoms with Crippen LogP contribution in [0.15, 0.2) is 37.4 Å². The van der Waals surface area contributed by atoms with Crippen LogP contribution in [0.25, 0.3) is 0 Å². The van der Waals surface area contributed by atoms with Gasteiger partial charge in [0.05, 0.1) is 46.1 Å². The summed E-state index contributed by atoms with van der Waals surface area (Å²) in [5.41, 5.74) is 5.15. The molecule has 2 heterocycles.